The summed E-state index contributed by atoms with van der Waals surface area (Å²) in [4.78, 5) is 30.5. The highest BCUT2D eigenvalue weighted by Gasteiger charge is 2.37. The molecule has 0 radical (unpaired) electrons. The number of nitrogens with one attached hydrogen (secondary N) is 1. The molecule has 30 heavy (non-hydrogen) atoms. The van der Waals surface area contributed by atoms with Crippen molar-refractivity contribution in [1.29, 1.82) is 0 Å². The maximum Gasteiger partial charge on any atom is 0.274 e. The highest BCUT2D eigenvalue weighted by Crippen LogP contribution is 2.46. The lowest BCUT2D eigenvalue weighted by Gasteiger charge is -2.42. The van der Waals surface area contributed by atoms with Crippen LogP contribution in [0.4, 0.5) is 0 Å². The Kier molecular flexibility index (Phi) is 6.19. The van der Waals surface area contributed by atoms with Crippen LogP contribution in [-0.2, 0) is 15.7 Å². The van der Waals surface area contributed by atoms with Crippen LogP contribution in [0, 0.1) is 6.92 Å². The average Bonchev–Trinajstić information content (AvgIpc) is 2.71. The first-order valence-electron chi connectivity index (χ1n) is 10.8. The van der Waals surface area contributed by atoms with Crippen molar-refractivity contribution in [3.05, 3.63) is 69.8 Å². The molecule has 1 N–H and O–H groups in total. The van der Waals surface area contributed by atoms with E-state index in [1.165, 1.54) is 11.1 Å². The molecule has 0 atom stereocenters. The van der Waals surface area contributed by atoms with Gasteiger partial charge in [0.1, 0.15) is 0 Å². The first-order valence-corrected chi connectivity index (χ1v) is 10.8. The molecule has 0 heterocycles. The van der Waals surface area contributed by atoms with Crippen molar-refractivity contribution in [1.82, 2.24) is 5.48 Å². The number of amides is 1. The Morgan fingerprint density at radius 1 is 0.933 bits per heavy atom. The second-order valence-electron chi connectivity index (χ2n) is 9.67. The maximum atomic E-state index is 13.3. The summed E-state index contributed by atoms with van der Waals surface area (Å²) in [6.07, 6.45) is 3.07. The van der Waals surface area contributed by atoms with Crippen molar-refractivity contribution in [3.63, 3.8) is 0 Å². The minimum atomic E-state index is -0.309. The maximum absolute atomic E-state index is 13.3. The summed E-state index contributed by atoms with van der Waals surface area (Å²) >= 11 is 0. The van der Waals surface area contributed by atoms with E-state index in [9.17, 15) is 9.59 Å². The minimum absolute atomic E-state index is 0.0105. The monoisotopic (exact) mass is 407 g/mol. The molecule has 0 fully saturated rings. The number of ketones is 1. The zero-order chi connectivity index (χ0) is 22.1. The molecule has 0 aromatic heterocycles. The third kappa shape index (κ3) is 4.34. The average molecular weight is 408 g/mol. The molecule has 0 bridgehead atoms. The largest absolute Gasteiger partial charge is 0.289 e. The van der Waals surface area contributed by atoms with Gasteiger partial charge in [0.05, 0.1) is 6.61 Å². The summed E-state index contributed by atoms with van der Waals surface area (Å²) in [7, 11) is 0. The molecular formula is C26H33NO3. The number of hydrogen-bond acceptors (Lipinski definition) is 3. The number of aryl methyl sites for hydroxylation is 1. The third-order valence-corrected chi connectivity index (χ3v) is 6.32. The van der Waals surface area contributed by atoms with Crippen LogP contribution in [0.25, 0.3) is 0 Å². The van der Waals surface area contributed by atoms with Gasteiger partial charge in [-0.2, -0.15) is 0 Å². The molecule has 1 aliphatic carbocycles. The summed E-state index contributed by atoms with van der Waals surface area (Å²) in [5, 5.41) is 0. The molecule has 2 aromatic rings. The highest BCUT2D eigenvalue weighted by molar-refractivity contribution is 6.10. The van der Waals surface area contributed by atoms with Gasteiger partial charge in [-0.1, -0.05) is 52.8 Å². The predicted molar refractivity (Wildman–Crippen MR) is 120 cm³/mol. The summed E-state index contributed by atoms with van der Waals surface area (Å²) < 4.78 is 0. The fraction of sp³-hybridized carbons (Fsp3) is 0.462. The van der Waals surface area contributed by atoms with Gasteiger partial charge in [0.25, 0.3) is 5.91 Å². The third-order valence-electron chi connectivity index (χ3n) is 6.32. The fourth-order valence-electron chi connectivity index (χ4n) is 4.17. The molecule has 1 aliphatic rings. The Balaban J connectivity index is 1.90. The molecule has 4 nitrogen and oxygen atoms in total. The Hall–Kier alpha value is -2.46. The molecule has 4 heteroatoms. The van der Waals surface area contributed by atoms with Gasteiger partial charge >= 0.3 is 0 Å². The van der Waals surface area contributed by atoms with Gasteiger partial charge in [-0.3, -0.25) is 14.4 Å². The zero-order valence-electron chi connectivity index (χ0n) is 19.0. The van der Waals surface area contributed by atoms with Gasteiger partial charge in [-0.15, -0.1) is 0 Å². The summed E-state index contributed by atoms with van der Waals surface area (Å²) in [5.74, 6) is -0.319. The van der Waals surface area contributed by atoms with Gasteiger partial charge in [-0.05, 0) is 71.9 Å². The van der Waals surface area contributed by atoms with Gasteiger partial charge < -0.3 is 0 Å². The Bertz CT molecular complexity index is 955. The van der Waals surface area contributed by atoms with Gasteiger partial charge in [0, 0.05) is 16.7 Å². The van der Waals surface area contributed by atoms with Crippen LogP contribution in [0.5, 0.6) is 0 Å². The van der Waals surface area contributed by atoms with Crippen LogP contribution in [-0.4, -0.2) is 18.3 Å². The summed E-state index contributed by atoms with van der Waals surface area (Å²) in [6.45, 7) is 13.5. The molecule has 0 unspecified atom stereocenters. The molecule has 0 aliphatic heterocycles. The van der Waals surface area contributed by atoms with Crippen molar-refractivity contribution >= 4 is 11.7 Å². The molecule has 0 spiro atoms. The number of fused-ring (bicyclic) bond motifs is 1. The molecule has 2 aromatic carbocycles. The quantitative estimate of drug-likeness (QED) is 0.383. The van der Waals surface area contributed by atoms with E-state index in [1.54, 1.807) is 24.3 Å². The number of rotatable bonds is 6. The SMILES string of the molecule is CCCONC(=O)c1ccc(C(=O)c2cc3c(cc2C)C(C)(C)CCC3(C)C)cc1. The Morgan fingerprint density at radius 2 is 1.47 bits per heavy atom. The first-order chi connectivity index (χ1) is 14.1. The molecule has 1 amide bonds. The van der Waals surface area contributed by atoms with E-state index in [0.29, 0.717) is 17.7 Å². The van der Waals surface area contributed by atoms with E-state index in [4.69, 9.17) is 4.84 Å². The Labute approximate surface area is 180 Å². The highest BCUT2D eigenvalue weighted by atomic mass is 16.6. The van der Waals surface area contributed by atoms with Crippen molar-refractivity contribution in [3.8, 4) is 0 Å². The number of carbonyl (C=O) groups is 2. The van der Waals surface area contributed by atoms with Crippen LogP contribution < -0.4 is 5.48 Å². The minimum Gasteiger partial charge on any atom is -0.289 e. The number of hydroxylamine groups is 1. The van der Waals surface area contributed by atoms with Crippen molar-refractivity contribution in [2.45, 2.75) is 71.6 Å². The normalized spacial score (nSPS) is 16.6. The molecular weight excluding hydrogens is 374 g/mol. The fourth-order valence-corrected chi connectivity index (χ4v) is 4.17. The first kappa shape index (κ1) is 22.2. The van der Waals surface area contributed by atoms with Crippen LogP contribution in [0.1, 0.15) is 96.9 Å². The van der Waals surface area contributed by atoms with Crippen LogP contribution in [0.2, 0.25) is 0 Å². The van der Waals surface area contributed by atoms with Crippen molar-refractivity contribution in [2.75, 3.05) is 6.61 Å². The van der Waals surface area contributed by atoms with Crippen LogP contribution >= 0.6 is 0 Å². The topological polar surface area (TPSA) is 55.4 Å². The van der Waals surface area contributed by atoms with E-state index in [2.05, 4.69) is 45.3 Å². The van der Waals surface area contributed by atoms with Crippen LogP contribution in [0.3, 0.4) is 0 Å². The van der Waals surface area contributed by atoms with Crippen molar-refractivity contribution in [2.24, 2.45) is 0 Å². The smallest absolute Gasteiger partial charge is 0.274 e. The van der Waals surface area contributed by atoms with Crippen LogP contribution in [0.15, 0.2) is 36.4 Å². The molecule has 3 rings (SSSR count). The zero-order valence-corrected chi connectivity index (χ0v) is 19.0. The van der Waals surface area contributed by atoms with Gasteiger partial charge in [-0.25, -0.2) is 5.48 Å². The Morgan fingerprint density at radius 3 is 2.03 bits per heavy atom. The van der Waals surface area contributed by atoms with E-state index in [0.717, 1.165) is 30.4 Å². The van der Waals surface area contributed by atoms with Gasteiger partial charge in [0.2, 0.25) is 0 Å². The lowest BCUT2D eigenvalue weighted by Crippen LogP contribution is -2.34. The van der Waals surface area contributed by atoms with E-state index in [-0.39, 0.29) is 22.5 Å². The van der Waals surface area contributed by atoms with E-state index >= 15 is 0 Å². The summed E-state index contributed by atoms with van der Waals surface area (Å²) in [5.41, 5.74) is 8.00. The summed E-state index contributed by atoms with van der Waals surface area (Å²) in [6, 6.07) is 11.1. The number of carbonyl (C=O) groups excluding carboxylic acids is 2. The van der Waals surface area contributed by atoms with Gasteiger partial charge in [0.15, 0.2) is 5.78 Å². The van der Waals surface area contributed by atoms with E-state index in [1.807, 2.05) is 13.8 Å². The molecule has 160 valence electrons. The van der Waals surface area contributed by atoms with E-state index < -0.39 is 0 Å². The molecule has 0 saturated heterocycles. The standard InChI is InChI=1S/C26H33NO3/c1-7-14-30-27-24(29)19-10-8-18(9-11-19)23(28)20-16-22-21(15-17(20)2)25(3,4)12-13-26(22,5)6/h8-11,15-16H,7,12-14H2,1-6H3,(H,27,29). The lowest BCUT2D eigenvalue weighted by molar-refractivity contribution is 0.0315. The lowest BCUT2D eigenvalue weighted by atomic mass is 9.62. The number of hydrogen-bond donors (Lipinski definition) is 1. The second kappa shape index (κ2) is 8.35. The predicted octanol–water partition coefficient (Wildman–Crippen LogP) is 5.65. The van der Waals surface area contributed by atoms with Crippen molar-refractivity contribution < 1.29 is 14.4 Å². The second-order valence-corrected chi connectivity index (χ2v) is 9.67. The number of benzene rings is 2. The molecule has 0 saturated carbocycles.